The first-order chi connectivity index (χ1) is 14.7. The number of nitrogens with zero attached hydrogens (tertiary/aromatic N) is 4. The van der Waals surface area contributed by atoms with Gasteiger partial charge in [0.1, 0.15) is 0 Å². The Kier molecular flexibility index (Phi) is 7.29. The van der Waals surface area contributed by atoms with Gasteiger partial charge >= 0.3 is 0 Å². The normalized spacial score (nSPS) is 10.3. The Balaban J connectivity index is 1.68. The summed E-state index contributed by atoms with van der Waals surface area (Å²) in [6.07, 6.45) is 0.245. The SMILES string of the molecule is COc1ccc(-c2nnc(SCC(=O)N(CCC#N)c3ccccc3)o2)cc1OC. The Hall–Kier alpha value is -3.51. The van der Waals surface area contributed by atoms with E-state index in [1.807, 2.05) is 30.3 Å². The van der Waals surface area contributed by atoms with Crippen LogP contribution in [-0.4, -0.2) is 42.6 Å². The van der Waals surface area contributed by atoms with Crippen LogP contribution in [0.3, 0.4) is 0 Å². The fourth-order valence-electron chi connectivity index (χ4n) is 2.72. The number of carbonyl (C=O) groups excluding carboxylic acids is 1. The van der Waals surface area contributed by atoms with Crippen LogP contribution in [0.5, 0.6) is 11.5 Å². The van der Waals surface area contributed by atoms with E-state index in [4.69, 9.17) is 19.2 Å². The number of amides is 1. The first kappa shape index (κ1) is 21.2. The van der Waals surface area contributed by atoms with Crippen molar-refractivity contribution >= 4 is 23.4 Å². The quantitative estimate of drug-likeness (QED) is 0.478. The van der Waals surface area contributed by atoms with E-state index < -0.39 is 0 Å². The molecule has 3 aromatic rings. The van der Waals surface area contributed by atoms with Crippen molar-refractivity contribution in [2.24, 2.45) is 0 Å². The zero-order valence-corrected chi connectivity index (χ0v) is 17.4. The first-order valence-electron chi connectivity index (χ1n) is 9.07. The number of methoxy groups -OCH3 is 2. The molecule has 0 aliphatic heterocycles. The molecule has 1 amide bonds. The Morgan fingerprint density at radius 1 is 1.13 bits per heavy atom. The number of thioether (sulfide) groups is 1. The summed E-state index contributed by atoms with van der Waals surface area (Å²) < 4.78 is 16.2. The molecule has 0 aliphatic carbocycles. The molecule has 0 atom stereocenters. The maximum Gasteiger partial charge on any atom is 0.277 e. The van der Waals surface area contributed by atoms with Gasteiger partial charge in [0.2, 0.25) is 11.8 Å². The van der Waals surface area contributed by atoms with Crippen LogP contribution >= 0.6 is 11.8 Å². The van der Waals surface area contributed by atoms with Gasteiger partial charge in [-0.3, -0.25) is 4.79 Å². The van der Waals surface area contributed by atoms with Gasteiger partial charge in [0.05, 0.1) is 32.5 Å². The standard InChI is InChI=1S/C21H20N4O4S/c1-27-17-10-9-15(13-18(17)28-2)20-23-24-21(29-20)30-14-19(26)25(12-6-11-22)16-7-4-3-5-8-16/h3-5,7-10,13H,6,12,14H2,1-2H3. The molecule has 0 unspecified atom stereocenters. The summed E-state index contributed by atoms with van der Waals surface area (Å²) >= 11 is 1.15. The van der Waals surface area contributed by atoms with Crippen LogP contribution in [0.1, 0.15) is 6.42 Å². The lowest BCUT2D eigenvalue weighted by Crippen LogP contribution is -2.33. The average Bonchev–Trinajstić information content (AvgIpc) is 3.27. The molecule has 30 heavy (non-hydrogen) atoms. The second-order valence-corrected chi connectivity index (χ2v) is 6.95. The highest BCUT2D eigenvalue weighted by atomic mass is 32.2. The van der Waals surface area contributed by atoms with Gasteiger partial charge in [0.15, 0.2) is 11.5 Å². The topological polar surface area (TPSA) is 101 Å². The molecule has 0 spiro atoms. The second-order valence-electron chi connectivity index (χ2n) is 6.02. The Morgan fingerprint density at radius 3 is 2.60 bits per heavy atom. The fourth-order valence-corrected chi connectivity index (χ4v) is 3.36. The molecule has 8 nitrogen and oxygen atoms in total. The Labute approximate surface area is 178 Å². The van der Waals surface area contributed by atoms with Gasteiger partial charge in [-0.2, -0.15) is 5.26 Å². The number of para-hydroxylation sites is 1. The summed E-state index contributed by atoms with van der Waals surface area (Å²) in [5.74, 6) is 1.42. The van der Waals surface area contributed by atoms with Crippen molar-refractivity contribution in [1.29, 1.82) is 5.26 Å². The lowest BCUT2D eigenvalue weighted by atomic mass is 10.2. The van der Waals surface area contributed by atoms with Crippen molar-refractivity contribution in [3.05, 3.63) is 48.5 Å². The minimum absolute atomic E-state index is 0.105. The van der Waals surface area contributed by atoms with Crippen LogP contribution in [0.2, 0.25) is 0 Å². The summed E-state index contributed by atoms with van der Waals surface area (Å²) in [4.78, 5) is 14.3. The maximum atomic E-state index is 12.7. The Bertz CT molecular complexity index is 1030. The van der Waals surface area contributed by atoms with Crippen molar-refractivity contribution in [2.75, 3.05) is 31.4 Å². The van der Waals surface area contributed by atoms with E-state index in [9.17, 15) is 4.79 Å². The molecule has 0 saturated heterocycles. The number of anilines is 1. The third kappa shape index (κ3) is 5.10. The van der Waals surface area contributed by atoms with E-state index in [2.05, 4.69) is 16.3 Å². The molecule has 3 rings (SSSR count). The molecule has 1 heterocycles. The molecule has 0 saturated carbocycles. The number of benzene rings is 2. The number of ether oxygens (including phenoxy) is 2. The summed E-state index contributed by atoms with van der Waals surface area (Å²) in [7, 11) is 3.11. The lowest BCUT2D eigenvalue weighted by molar-refractivity contribution is -0.116. The highest BCUT2D eigenvalue weighted by Crippen LogP contribution is 2.32. The molecular weight excluding hydrogens is 404 g/mol. The predicted molar refractivity (Wildman–Crippen MR) is 113 cm³/mol. The van der Waals surface area contributed by atoms with Crippen LogP contribution < -0.4 is 14.4 Å². The van der Waals surface area contributed by atoms with Crippen molar-refractivity contribution in [3.63, 3.8) is 0 Å². The molecule has 0 radical (unpaired) electrons. The number of aromatic nitrogens is 2. The predicted octanol–water partition coefficient (Wildman–Crippen LogP) is 3.79. The smallest absolute Gasteiger partial charge is 0.277 e. The fraction of sp³-hybridized carbons (Fsp3) is 0.238. The summed E-state index contributed by atoms with van der Waals surface area (Å²) in [6.45, 7) is 0.320. The lowest BCUT2D eigenvalue weighted by Gasteiger charge is -2.21. The van der Waals surface area contributed by atoms with E-state index in [-0.39, 0.29) is 23.3 Å². The maximum absolute atomic E-state index is 12.7. The Morgan fingerprint density at radius 2 is 1.90 bits per heavy atom. The van der Waals surface area contributed by atoms with Gasteiger partial charge in [0.25, 0.3) is 5.22 Å². The monoisotopic (exact) mass is 424 g/mol. The number of carbonyl (C=O) groups is 1. The van der Waals surface area contributed by atoms with Gasteiger partial charge in [-0.1, -0.05) is 30.0 Å². The first-order valence-corrected chi connectivity index (χ1v) is 10.1. The van der Waals surface area contributed by atoms with Crippen molar-refractivity contribution < 1.29 is 18.7 Å². The number of hydrogen-bond donors (Lipinski definition) is 0. The van der Waals surface area contributed by atoms with Crippen LogP contribution in [0.4, 0.5) is 5.69 Å². The highest BCUT2D eigenvalue weighted by molar-refractivity contribution is 7.99. The largest absolute Gasteiger partial charge is 0.493 e. The van der Waals surface area contributed by atoms with Gasteiger partial charge in [-0.05, 0) is 30.3 Å². The number of nitriles is 1. The summed E-state index contributed by atoms with van der Waals surface area (Å²) in [6, 6.07) is 16.6. The molecule has 2 aromatic carbocycles. The summed E-state index contributed by atoms with van der Waals surface area (Å²) in [5.41, 5.74) is 1.42. The third-order valence-electron chi connectivity index (χ3n) is 4.17. The van der Waals surface area contributed by atoms with Gasteiger partial charge in [0, 0.05) is 17.8 Å². The summed E-state index contributed by atoms with van der Waals surface area (Å²) in [5, 5.41) is 17.2. The minimum Gasteiger partial charge on any atom is -0.493 e. The van der Waals surface area contributed by atoms with Crippen LogP contribution in [0.15, 0.2) is 58.2 Å². The third-order valence-corrected chi connectivity index (χ3v) is 4.98. The zero-order chi connectivity index (χ0) is 21.3. The van der Waals surface area contributed by atoms with Gasteiger partial charge in [-0.15, -0.1) is 10.2 Å². The molecule has 0 N–H and O–H groups in total. The molecule has 0 fully saturated rings. The van der Waals surface area contributed by atoms with E-state index in [0.717, 1.165) is 17.4 Å². The van der Waals surface area contributed by atoms with E-state index in [0.29, 0.717) is 29.5 Å². The van der Waals surface area contributed by atoms with Gasteiger partial charge in [-0.25, -0.2) is 0 Å². The second kappa shape index (κ2) is 10.3. The molecule has 0 aliphatic rings. The molecule has 0 bridgehead atoms. The van der Waals surface area contributed by atoms with Crippen molar-refractivity contribution in [1.82, 2.24) is 10.2 Å². The average molecular weight is 424 g/mol. The molecular formula is C21H20N4O4S. The molecule has 9 heteroatoms. The minimum atomic E-state index is -0.146. The van der Waals surface area contributed by atoms with Gasteiger partial charge < -0.3 is 18.8 Å². The van der Waals surface area contributed by atoms with Crippen LogP contribution in [-0.2, 0) is 4.79 Å². The number of rotatable bonds is 9. The van der Waals surface area contributed by atoms with Crippen LogP contribution in [0.25, 0.3) is 11.5 Å². The van der Waals surface area contributed by atoms with Crippen molar-refractivity contribution in [3.8, 4) is 29.0 Å². The van der Waals surface area contributed by atoms with E-state index in [1.165, 1.54) is 0 Å². The highest BCUT2D eigenvalue weighted by Gasteiger charge is 2.18. The van der Waals surface area contributed by atoms with E-state index in [1.54, 1.807) is 37.3 Å². The zero-order valence-electron chi connectivity index (χ0n) is 16.6. The van der Waals surface area contributed by atoms with Crippen molar-refractivity contribution in [2.45, 2.75) is 11.6 Å². The number of hydrogen-bond acceptors (Lipinski definition) is 8. The van der Waals surface area contributed by atoms with Crippen LogP contribution in [0, 0.1) is 11.3 Å². The molecule has 1 aromatic heterocycles. The van der Waals surface area contributed by atoms with E-state index >= 15 is 0 Å². The molecule has 154 valence electrons.